The Morgan fingerprint density at radius 3 is 3.18 bits per heavy atom. The number of hydrogen-bond donors (Lipinski definition) is 0. The minimum Gasteiger partial charge on any atom is -0.261 e. The van der Waals surface area contributed by atoms with Crippen LogP contribution in [0, 0.1) is 0 Å². The molecule has 0 fully saturated rings. The lowest BCUT2D eigenvalue weighted by Gasteiger charge is -2.02. The lowest BCUT2D eigenvalue weighted by atomic mass is 10.1. The average Bonchev–Trinajstić information content (AvgIpc) is 2.35. The van der Waals surface area contributed by atoms with Gasteiger partial charge in [0.1, 0.15) is 0 Å². The predicted octanol–water partition coefficient (Wildman–Crippen LogP) is 2.78. The molecule has 2 heteroatoms. The number of hydrogen-bond acceptors (Lipinski definition) is 1. The van der Waals surface area contributed by atoms with Crippen molar-refractivity contribution in [2.75, 3.05) is 0 Å². The molecule has 1 heterocycles. The molecule has 1 nitrogen and oxygen atoms in total. The van der Waals surface area contributed by atoms with Crippen molar-refractivity contribution in [3.63, 3.8) is 0 Å². The van der Waals surface area contributed by atoms with Crippen LogP contribution in [0.5, 0.6) is 0 Å². The van der Waals surface area contributed by atoms with Crippen LogP contribution in [0.25, 0.3) is 0 Å². The third kappa shape index (κ3) is 1.04. The van der Waals surface area contributed by atoms with Crippen LogP contribution in [0.3, 0.4) is 0 Å². The van der Waals surface area contributed by atoms with E-state index in [2.05, 4.69) is 11.9 Å². The maximum absolute atomic E-state index is 5.99. The highest BCUT2D eigenvalue weighted by atomic mass is 35.5. The lowest BCUT2D eigenvalue weighted by Crippen LogP contribution is -1.90. The fourth-order valence-electron chi connectivity index (χ4n) is 1.65. The first kappa shape index (κ1) is 7.11. The quantitative estimate of drug-likeness (QED) is 0.579. The molecule has 0 unspecified atom stereocenters. The summed E-state index contributed by atoms with van der Waals surface area (Å²) in [5.74, 6) is 0.601. The summed E-state index contributed by atoms with van der Waals surface area (Å²) in [6, 6.07) is 1.87. The number of halogens is 1. The molecule has 0 aromatic carbocycles. The van der Waals surface area contributed by atoms with Gasteiger partial charge in [0.05, 0.1) is 0 Å². The molecule has 0 saturated carbocycles. The molecule has 1 aliphatic carbocycles. The van der Waals surface area contributed by atoms with E-state index in [9.17, 15) is 0 Å². The van der Waals surface area contributed by atoms with E-state index < -0.39 is 0 Å². The maximum Gasteiger partial charge on any atom is 0.0478 e. The van der Waals surface area contributed by atoms with Crippen LogP contribution in [0.15, 0.2) is 12.3 Å². The normalized spacial score (nSPS) is 21.8. The Labute approximate surface area is 71.4 Å². The van der Waals surface area contributed by atoms with Crippen molar-refractivity contribution >= 4 is 11.6 Å². The molecule has 2 rings (SSSR count). The second-order valence-electron chi connectivity index (χ2n) is 3.10. The van der Waals surface area contributed by atoms with Crippen molar-refractivity contribution in [1.82, 2.24) is 4.98 Å². The van der Waals surface area contributed by atoms with E-state index in [4.69, 9.17) is 11.6 Å². The Kier molecular flexibility index (Phi) is 1.61. The molecule has 0 amide bonds. The van der Waals surface area contributed by atoms with Gasteiger partial charge in [0.25, 0.3) is 0 Å². The van der Waals surface area contributed by atoms with Crippen molar-refractivity contribution < 1.29 is 0 Å². The summed E-state index contributed by atoms with van der Waals surface area (Å²) in [7, 11) is 0. The van der Waals surface area contributed by atoms with Crippen molar-refractivity contribution in [3.8, 4) is 0 Å². The Bertz CT molecular complexity index is 283. The molecule has 1 aliphatic rings. The number of aromatic nitrogens is 1. The van der Waals surface area contributed by atoms with Crippen molar-refractivity contribution in [1.29, 1.82) is 0 Å². The van der Waals surface area contributed by atoms with Gasteiger partial charge in [-0.1, -0.05) is 18.5 Å². The molecule has 1 atom stereocenters. The van der Waals surface area contributed by atoms with E-state index in [0.29, 0.717) is 5.92 Å². The zero-order valence-corrected chi connectivity index (χ0v) is 7.23. The highest BCUT2D eigenvalue weighted by molar-refractivity contribution is 6.31. The third-order valence-corrected chi connectivity index (χ3v) is 2.68. The van der Waals surface area contributed by atoms with Crippen LogP contribution in [-0.4, -0.2) is 4.98 Å². The van der Waals surface area contributed by atoms with E-state index in [1.165, 1.54) is 17.7 Å². The summed E-state index contributed by atoms with van der Waals surface area (Å²) in [5, 5.41) is 0.888. The standard InChI is InChI=1S/C9H10ClN/c1-6-2-3-7-8(10)4-5-11-9(6)7/h4-6H,2-3H2,1H3/t6-/m1/s1. The monoisotopic (exact) mass is 167 g/mol. The van der Waals surface area contributed by atoms with Crippen LogP contribution >= 0.6 is 11.6 Å². The zero-order chi connectivity index (χ0) is 7.84. The van der Waals surface area contributed by atoms with Gasteiger partial charge in [-0.25, -0.2) is 0 Å². The van der Waals surface area contributed by atoms with Gasteiger partial charge in [-0.3, -0.25) is 4.98 Å². The number of nitrogens with zero attached hydrogens (tertiary/aromatic N) is 1. The topological polar surface area (TPSA) is 12.9 Å². The van der Waals surface area contributed by atoms with Gasteiger partial charge in [-0.05, 0) is 30.4 Å². The Morgan fingerprint density at radius 2 is 2.45 bits per heavy atom. The van der Waals surface area contributed by atoms with E-state index in [1.807, 2.05) is 6.07 Å². The third-order valence-electron chi connectivity index (χ3n) is 2.33. The molecule has 1 aromatic heterocycles. The largest absolute Gasteiger partial charge is 0.261 e. The minimum atomic E-state index is 0.601. The smallest absolute Gasteiger partial charge is 0.0478 e. The molecule has 1 aromatic rings. The zero-order valence-electron chi connectivity index (χ0n) is 6.47. The van der Waals surface area contributed by atoms with E-state index >= 15 is 0 Å². The Balaban J connectivity index is 2.57. The Hall–Kier alpha value is -0.560. The van der Waals surface area contributed by atoms with Gasteiger partial charge in [-0.2, -0.15) is 0 Å². The molecular weight excluding hydrogens is 158 g/mol. The summed E-state index contributed by atoms with van der Waals surface area (Å²) in [5.41, 5.74) is 2.47. The molecule has 11 heavy (non-hydrogen) atoms. The Morgan fingerprint density at radius 1 is 1.64 bits per heavy atom. The van der Waals surface area contributed by atoms with Crippen LogP contribution in [0.1, 0.15) is 30.5 Å². The fourth-order valence-corrected chi connectivity index (χ4v) is 1.90. The second-order valence-corrected chi connectivity index (χ2v) is 3.50. The van der Waals surface area contributed by atoms with Crippen molar-refractivity contribution in [2.45, 2.75) is 25.7 Å². The first-order valence-electron chi connectivity index (χ1n) is 3.92. The molecule has 0 N–H and O–H groups in total. The summed E-state index contributed by atoms with van der Waals surface area (Å²) >= 11 is 5.99. The number of fused-ring (bicyclic) bond motifs is 1. The van der Waals surface area contributed by atoms with Crippen molar-refractivity contribution in [3.05, 3.63) is 28.5 Å². The van der Waals surface area contributed by atoms with Crippen LogP contribution in [0.4, 0.5) is 0 Å². The average molecular weight is 168 g/mol. The van der Waals surface area contributed by atoms with E-state index in [0.717, 1.165) is 11.4 Å². The highest BCUT2D eigenvalue weighted by Gasteiger charge is 2.21. The van der Waals surface area contributed by atoms with Gasteiger partial charge in [0, 0.05) is 16.9 Å². The molecule has 0 aliphatic heterocycles. The van der Waals surface area contributed by atoms with Crippen LogP contribution in [-0.2, 0) is 6.42 Å². The van der Waals surface area contributed by atoms with E-state index in [-0.39, 0.29) is 0 Å². The molecular formula is C9H10ClN. The van der Waals surface area contributed by atoms with Gasteiger partial charge < -0.3 is 0 Å². The van der Waals surface area contributed by atoms with Gasteiger partial charge in [0.15, 0.2) is 0 Å². The van der Waals surface area contributed by atoms with Crippen molar-refractivity contribution in [2.24, 2.45) is 0 Å². The minimum absolute atomic E-state index is 0.601. The van der Waals surface area contributed by atoms with Crippen LogP contribution in [0.2, 0.25) is 5.02 Å². The summed E-state index contributed by atoms with van der Waals surface area (Å²) in [6.45, 7) is 2.20. The van der Waals surface area contributed by atoms with Crippen LogP contribution < -0.4 is 0 Å². The lowest BCUT2D eigenvalue weighted by molar-refractivity contribution is 0.731. The van der Waals surface area contributed by atoms with Gasteiger partial charge in [0.2, 0.25) is 0 Å². The summed E-state index contributed by atoms with van der Waals surface area (Å²) in [4.78, 5) is 4.32. The predicted molar refractivity (Wildman–Crippen MR) is 46.0 cm³/mol. The molecule has 0 radical (unpaired) electrons. The maximum atomic E-state index is 5.99. The molecule has 58 valence electrons. The summed E-state index contributed by atoms with van der Waals surface area (Å²) < 4.78 is 0. The van der Waals surface area contributed by atoms with Gasteiger partial charge in [-0.15, -0.1) is 0 Å². The first-order valence-corrected chi connectivity index (χ1v) is 4.30. The summed E-state index contributed by atoms with van der Waals surface area (Å²) in [6.07, 6.45) is 4.10. The number of pyridine rings is 1. The number of rotatable bonds is 0. The second kappa shape index (κ2) is 2.49. The highest BCUT2D eigenvalue weighted by Crippen LogP contribution is 2.34. The molecule has 0 saturated heterocycles. The molecule has 0 bridgehead atoms. The first-order chi connectivity index (χ1) is 5.29. The molecule has 0 spiro atoms. The fraction of sp³-hybridized carbons (Fsp3) is 0.444. The van der Waals surface area contributed by atoms with E-state index in [1.54, 1.807) is 6.20 Å². The van der Waals surface area contributed by atoms with Gasteiger partial charge >= 0.3 is 0 Å². The SMILES string of the molecule is C[C@@H]1CCc2c(Cl)ccnc21.